The topological polar surface area (TPSA) is 128 Å². The number of fused-ring (bicyclic) bond motifs is 2. The van der Waals surface area contributed by atoms with E-state index in [0.717, 1.165) is 0 Å². The van der Waals surface area contributed by atoms with Crippen molar-refractivity contribution in [1.82, 2.24) is 14.1 Å². The Morgan fingerprint density at radius 1 is 1.00 bits per heavy atom. The van der Waals surface area contributed by atoms with Crippen molar-refractivity contribution in [1.29, 1.82) is 0 Å². The summed E-state index contributed by atoms with van der Waals surface area (Å²) in [5.74, 6) is -2.85. The molecule has 0 radical (unpaired) electrons. The van der Waals surface area contributed by atoms with Crippen molar-refractivity contribution in [2.45, 2.75) is 23.8 Å². The van der Waals surface area contributed by atoms with E-state index in [0.29, 0.717) is 44.0 Å². The molecule has 0 aromatic heterocycles. The highest BCUT2D eigenvalue weighted by Crippen LogP contribution is 2.53. The van der Waals surface area contributed by atoms with Crippen molar-refractivity contribution in [2.24, 2.45) is 0 Å². The molecule has 218 valence electrons. The van der Waals surface area contributed by atoms with Crippen LogP contribution in [0.4, 0.5) is 5.69 Å². The highest BCUT2D eigenvalue weighted by molar-refractivity contribution is 7.89. The van der Waals surface area contributed by atoms with Crippen molar-refractivity contribution in [2.75, 3.05) is 64.9 Å². The predicted octanol–water partition coefficient (Wildman–Crippen LogP) is 1.60. The van der Waals surface area contributed by atoms with Crippen LogP contribution in [0.2, 0.25) is 0 Å². The largest absolute Gasteiger partial charge is 0.507 e. The van der Waals surface area contributed by atoms with E-state index in [1.54, 1.807) is 29.2 Å². The molecule has 11 nitrogen and oxygen atoms in total. The van der Waals surface area contributed by atoms with E-state index >= 15 is 0 Å². The Morgan fingerprint density at radius 3 is 2.29 bits per heavy atom. The highest BCUT2D eigenvalue weighted by atomic mass is 32.2. The van der Waals surface area contributed by atoms with Gasteiger partial charge in [-0.3, -0.25) is 14.4 Å². The van der Waals surface area contributed by atoms with Gasteiger partial charge in [0.1, 0.15) is 5.76 Å². The average molecular weight is 583 g/mol. The summed E-state index contributed by atoms with van der Waals surface area (Å²) in [6, 6.07) is 12.5. The molecule has 0 saturated carbocycles. The minimum atomic E-state index is -3.79. The van der Waals surface area contributed by atoms with Gasteiger partial charge in [-0.15, -0.1) is 0 Å². The lowest BCUT2D eigenvalue weighted by Crippen LogP contribution is -2.53. The lowest BCUT2D eigenvalue weighted by atomic mass is 9.82. The van der Waals surface area contributed by atoms with Crippen LogP contribution in [0, 0.1) is 0 Å². The van der Waals surface area contributed by atoms with Gasteiger partial charge in [0.25, 0.3) is 17.6 Å². The summed E-state index contributed by atoms with van der Waals surface area (Å²) in [6.07, 6.45) is 0.639. The summed E-state index contributed by atoms with van der Waals surface area (Å²) in [4.78, 5) is 46.3. The number of sulfonamides is 1. The monoisotopic (exact) mass is 582 g/mol. The molecule has 2 aromatic rings. The van der Waals surface area contributed by atoms with Crippen LogP contribution in [0.25, 0.3) is 5.76 Å². The summed E-state index contributed by atoms with van der Waals surface area (Å²) in [5, 5.41) is 11.7. The molecule has 5 rings (SSSR count). The summed E-state index contributed by atoms with van der Waals surface area (Å²) < 4.78 is 32.8. The first kappa shape index (κ1) is 28.9. The molecule has 3 aliphatic rings. The zero-order chi connectivity index (χ0) is 29.5. The number of ketones is 1. The van der Waals surface area contributed by atoms with Crippen molar-refractivity contribution in [3.8, 4) is 0 Å². The van der Waals surface area contributed by atoms with Crippen LogP contribution in [0.15, 0.2) is 59.0 Å². The SMILES string of the molecule is CCCN1C(=O)C2(/C(=C(/O)c3ccc(S(=O)(=O)N4CCOCC4)cc3)C(=O)C(=O)N2CCN(C)C)c2ccccc21. The van der Waals surface area contributed by atoms with Gasteiger partial charge in [-0.1, -0.05) is 25.1 Å². The summed E-state index contributed by atoms with van der Waals surface area (Å²) in [5.41, 5.74) is -1.02. The zero-order valence-electron chi connectivity index (χ0n) is 23.4. The molecule has 2 fully saturated rings. The zero-order valence-corrected chi connectivity index (χ0v) is 24.2. The number of likely N-dealkylation sites (N-methyl/N-ethyl adjacent to an activating group) is 1. The Labute approximate surface area is 239 Å². The number of likely N-dealkylation sites (tertiary alicyclic amines) is 1. The summed E-state index contributed by atoms with van der Waals surface area (Å²) in [6.45, 7) is 3.82. The molecule has 41 heavy (non-hydrogen) atoms. The van der Waals surface area contributed by atoms with Crippen LogP contribution < -0.4 is 4.90 Å². The van der Waals surface area contributed by atoms with Crippen molar-refractivity contribution in [3.05, 3.63) is 65.2 Å². The van der Waals surface area contributed by atoms with Gasteiger partial charge in [-0.25, -0.2) is 8.42 Å². The van der Waals surface area contributed by atoms with E-state index in [4.69, 9.17) is 4.74 Å². The number of morpholine rings is 1. The molecule has 0 bridgehead atoms. The molecule has 12 heteroatoms. The van der Waals surface area contributed by atoms with Gasteiger partial charge < -0.3 is 24.5 Å². The van der Waals surface area contributed by atoms with Crippen LogP contribution in [0.5, 0.6) is 0 Å². The van der Waals surface area contributed by atoms with Gasteiger partial charge in [0.15, 0.2) is 5.54 Å². The molecule has 2 aromatic carbocycles. The number of carbonyl (C=O) groups is 3. The minimum Gasteiger partial charge on any atom is -0.507 e. The quantitative estimate of drug-likeness (QED) is 0.283. The number of amides is 2. The number of rotatable bonds is 8. The Morgan fingerprint density at radius 2 is 1.66 bits per heavy atom. The van der Waals surface area contributed by atoms with E-state index in [1.807, 2.05) is 25.9 Å². The van der Waals surface area contributed by atoms with E-state index in [1.165, 1.54) is 33.5 Å². The number of anilines is 1. The number of ether oxygens (including phenoxy) is 1. The molecule has 2 amide bonds. The third-order valence-corrected chi connectivity index (χ3v) is 9.68. The third kappa shape index (κ3) is 4.55. The number of hydrogen-bond acceptors (Lipinski definition) is 8. The number of hydrogen-bond donors (Lipinski definition) is 1. The number of nitrogens with zero attached hydrogens (tertiary/aromatic N) is 4. The third-order valence-electron chi connectivity index (χ3n) is 7.76. The molecule has 3 heterocycles. The van der Waals surface area contributed by atoms with Crippen molar-refractivity contribution in [3.63, 3.8) is 0 Å². The highest BCUT2D eigenvalue weighted by Gasteiger charge is 2.66. The molecule has 0 aliphatic carbocycles. The fourth-order valence-electron chi connectivity index (χ4n) is 5.78. The molecule has 1 spiro atoms. The minimum absolute atomic E-state index is 0.0218. The first-order valence-corrected chi connectivity index (χ1v) is 15.0. The second-order valence-electron chi connectivity index (χ2n) is 10.5. The number of para-hydroxylation sites is 1. The van der Waals surface area contributed by atoms with Gasteiger partial charge in [-0.05, 0) is 50.8 Å². The van der Waals surface area contributed by atoms with Crippen LogP contribution in [-0.2, 0) is 34.7 Å². The molecule has 1 atom stereocenters. The van der Waals surface area contributed by atoms with E-state index < -0.39 is 38.9 Å². The van der Waals surface area contributed by atoms with Gasteiger partial charge in [-0.2, -0.15) is 4.31 Å². The lowest BCUT2D eigenvalue weighted by Gasteiger charge is -2.35. The van der Waals surface area contributed by atoms with E-state index in [-0.39, 0.29) is 35.7 Å². The molecular formula is C29H34N4O7S. The maximum absolute atomic E-state index is 14.4. The second-order valence-corrected chi connectivity index (χ2v) is 12.5. The summed E-state index contributed by atoms with van der Waals surface area (Å²) >= 11 is 0. The van der Waals surface area contributed by atoms with Crippen molar-refractivity contribution < 1.29 is 32.6 Å². The maximum Gasteiger partial charge on any atom is 0.296 e. The Balaban J connectivity index is 1.67. The fraction of sp³-hybridized carbons (Fsp3) is 0.414. The number of Topliss-reactive ketones (excluding diaryl/α,β-unsaturated/α-hetero) is 1. The molecular weight excluding hydrogens is 548 g/mol. The normalized spacial score (nSPS) is 22.8. The van der Waals surface area contributed by atoms with E-state index in [9.17, 15) is 27.9 Å². The predicted molar refractivity (Wildman–Crippen MR) is 152 cm³/mol. The van der Waals surface area contributed by atoms with Crippen LogP contribution in [0.1, 0.15) is 24.5 Å². The van der Waals surface area contributed by atoms with Crippen LogP contribution >= 0.6 is 0 Å². The van der Waals surface area contributed by atoms with Gasteiger partial charge in [0.2, 0.25) is 10.0 Å². The standard InChI is InChI=1S/C29H34N4O7S/c1-4-13-32-23-8-6-5-7-22(23)29(28(32)37)24(26(35)27(36)33(29)15-14-30(2)3)25(34)20-9-11-21(12-10-20)41(38,39)31-16-18-40-19-17-31/h5-12,34H,4,13-19H2,1-3H3/b25-24+. The van der Waals surface area contributed by atoms with Gasteiger partial charge >= 0.3 is 0 Å². The molecule has 1 N–H and O–H groups in total. The number of benzene rings is 2. The Bertz CT molecular complexity index is 1510. The first-order valence-electron chi connectivity index (χ1n) is 13.6. The fourth-order valence-corrected chi connectivity index (χ4v) is 7.19. The second kappa shape index (κ2) is 11.0. The van der Waals surface area contributed by atoms with E-state index in [2.05, 4.69) is 0 Å². The van der Waals surface area contributed by atoms with Crippen LogP contribution in [-0.4, -0.2) is 105 Å². The number of aliphatic hydroxyl groups excluding tert-OH is 1. The molecule has 3 aliphatic heterocycles. The molecule has 2 saturated heterocycles. The van der Waals surface area contributed by atoms with Gasteiger partial charge in [0.05, 0.1) is 29.4 Å². The Kier molecular flexibility index (Phi) is 7.77. The van der Waals surface area contributed by atoms with Gasteiger partial charge in [0, 0.05) is 43.9 Å². The maximum atomic E-state index is 14.4. The lowest BCUT2D eigenvalue weighted by molar-refractivity contribution is -0.143. The number of carbonyl (C=O) groups excluding carboxylic acids is 3. The first-order chi connectivity index (χ1) is 19.6. The number of aliphatic hydroxyl groups is 1. The van der Waals surface area contributed by atoms with Crippen molar-refractivity contribution >= 4 is 39.1 Å². The molecule has 1 unspecified atom stereocenters. The average Bonchev–Trinajstić information content (AvgIpc) is 3.35. The Hall–Kier alpha value is -3.58. The summed E-state index contributed by atoms with van der Waals surface area (Å²) in [7, 11) is -0.145. The smallest absolute Gasteiger partial charge is 0.296 e. The van der Waals surface area contributed by atoms with Crippen LogP contribution in [0.3, 0.4) is 0 Å².